The molecule has 0 aromatic rings. The first-order valence-electron chi connectivity index (χ1n) is 19.0. The number of aliphatic hydroxyl groups excluding tert-OH is 1. The third-order valence-electron chi connectivity index (χ3n) is 8.65. The molecule has 0 rings (SSSR count). The van der Waals surface area contributed by atoms with Gasteiger partial charge in [-0.1, -0.05) is 154 Å². The van der Waals surface area contributed by atoms with Gasteiger partial charge in [0.2, 0.25) is 11.8 Å². The summed E-state index contributed by atoms with van der Waals surface area (Å²) in [5.41, 5.74) is 0. The normalized spacial score (nSPS) is 12.9. The third kappa shape index (κ3) is 32.3. The van der Waals surface area contributed by atoms with Crippen molar-refractivity contribution in [3.63, 3.8) is 0 Å². The number of unbranched alkanes of at least 4 members (excludes halogenated alkanes) is 22. The molecule has 260 valence electrons. The van der Waals surface area contributed by atoms with E-state index in [0.717, 1.165) is 44.9 Å². The fourth-order valence-corrected chi connectivity index (χ4v) is 5.90. The van der Waals surface area contributed by atoms with E-state index in [-0.39, 0.29) is 23.7 Å². The van der Waals surface area contributed by atoms with Crippen LogP contribution in [-0.4, -0.2) is 41.5 Å². The Morgan fingerprint density at radius 2 is 1.05 bits per heavy atom. The SMILES string of the molecule is CCCCCCCC/C=C\CCCCCCCC(=O)NC(CNC(=O)CCl)CC(O)CCCCCCCCCCCCCC. The highest BCUT2D eigenvalue weighted by Gasteiger charge is 2.18. The van der Waals surface area contributed by atoms with E-state index in [0.29, 0.717) is 19.4 Å². The molecule has 0 bridgehead atoms. The molecule has 0 saturated carbocycles. The number of allylic oxidation sites excluding steroid dienone is 2. The predicted molar refractivity (Wildman–Crippen MR) is 191 cm³/mol. The first kappa shape index (κ1) is 42.9. The predicted octanol–water partition coefficient (Wildman–Crippen LogP) is 10.7. The van der Waals surface area contributed by atoms with Gasteiger partial charge in [0, 0.05) is 19.0 Å². The average molecular weight is 641 g/mol. The number of alkyl halides is 1. The standard InChI is InChI=1S/C38H73ClN2O3/c1-3-5-7-9-11-13-15-17-18-19-21-23-25-27-29-31-37(43)41-35(34-40-38(44)33-39)32-36(42)30-28-26-24-22-20-16-14-12-10-8-6-4-2/h17-18,35-36,42H,3-16,19-34H2,1-2H3,(H,40,44)(H,41,43)/b18-17-. The van der Waals surface area contributed by atoms with Crippen LogP contribution in [0.2, 0.25) is 0 Å². The van der Waals surface area contributed by atoms with Crippen molar-refractivity contribution in [2.24, 2.45) is 0 Å². The molecule has 2 atom stereocenters. The summed E-state index contributed by atoms with van der Waals surface area (Å²) < 4.78 is 0. The van der Waals surface area contributed by atoms with Crippen molar-refractivity contribution in [2.75, 3.05) is 12.4 Å². The highest BCUT2D eigenvalue weighted by atomic mass is 35.5. The van der Waals surface area contributed by atoms with Gasteiger partial charge in [0.1, 0.15) is 5.88 Å². The number of carbonyl (C=O) groups is 2. The molecular formula is C38H73ClN2O3. The van der Waals surface area contributed by atoms with Crippen LogP contribution < -0.4 is 10.6 Å². The highest BCUT2D eigenvalue weighted by molar-refractivity contribution is 6.27. The lowest BCUT2D eigenvalue weighted by molar-refractivity contribution is -0.123. The van der Waals surface area contributed by atoms with Crippen LogP contribution >= 0.6 is 11.6 Å². The third-order valence-corrected chi connectivity index (χ3v) is 8.89. The fraction of sp³-hybridized carbons (Fsp3) is 0.895. The molecular weight excluding hydrogens is 568 g/mol. The van der Waals surface area contributed by atoms with E-state index in [9.17, 15) is 14.7 Å². The van der Waals surface area contributed by atoms with E-state index in [1.807, 2.05) is 0 Å². The van der Waals surface area contributed by atoms with Crippen LogP contribution in [0, 0.1) is 0 Å². The van der Waals surface area contributed by atoms with E-state index in [4.69, 9.17) is 11.6 Å². The first-order chi connectivity index (χ1) is 21.5. The molecule has 6 heteroatoms. The van der Waals surface area contributed by atoms with Crippen LogP contribution in [0.15, 0.2) is 12.2 Å². The molecule has 0 saturated heterocycles. The van der Waals surface area contributed by atoms with Crippen LogP contribution in [0.4, 0.5) is 0 Å². The van der Waals surface area contributed by atoms with Gasteiger partial charge in [0.15, 0.2) is 0 Å². The zero-order valence-electron chi connectivity index (χ0n) is 29.2. The van der Waals surface area contributed by atoms with Crippen molar-refractivity contribution in [3.8, 4) is 0 Å². The molecule has 0 aromatic carbocycles. The maximum Gasteiger partial charge on any atom is 0.234 e. The van der Waals surface area contributed by atoms with Gasteiger partial charge < -0.3 is 15.7 Å². The summed E-state index contributed by atoms with van der Waals surface area (Å²) >= 11 is 5.64. The van der Waals surface area contributed by atoms with E-state index in [2.05, 4.69) is 36.6 Å². The number of hydrogen-bond acceptors (Lipinski definition) is 3. The molecule has 2 amide bonds. The van der Waals surface area contributed by atoms with Crippen LogP contribution in [-0.2, 0) is 9.59 Å². The summed E-state index contributed by atoms with van der Waals surface area (Å²) in [6.07, 6.45) is 37.5. The van der Waals surface area contributed by atoms with Gasteiger partial charge in [-0.3, -0.25) is 9.59 Å². The highest BCUT2D eigenvalue weighted by Crippen LogP contribution is 2.15. The Morgan fingerprint density at radius 1 is 0.614 bits per heavy atom. The number of carbonyl (C=O) groups excluding carboxylic acids is 2. The van der Waals surface area contributed by atoms with Crippen molar-refractivity contribution in [1.82, 2.24) is 10.6 Å². The smallest absolute Gasteiger partial charge is 0.234 e. The van der Waals surface area contributed by atoms with Crippen molar-refractivity contribution >= 4 is 23.4 Å². The summed E-state index contributed by atoms with van der Waals surface area (Å²) in [7, 11) is 0. The van der Waals surface area contributed by atoms with Crippen LogP contribution in [0.3, 0.4) is 0 Å². The van der Waals surface area contributed by atoms with Crippen molar-refractivity contribution in [3.05, 3.63) is 12.2 Å². The quantitative estimate of drug-likeness (QED) is 0.0372. The van der Waals surface area contributed by atoms with E-state index in [1.54, 1.807) is 0 Å². The largest absolute Gasteiger partial charge is 0.393 e. The monoisotopic (exact) mass is 641 g/mol. The van der Waals surface area contributed by atoms with E-state index < -0.39 is 6.10 Å². The molecule has 5 nitrogen and oxygen atoms in total. The van der Waals surface area contributed by atoms with Crippen LogP contribution in [0.25, 0.3) is 0 Å². The average Bonchev–Trinajstić information content (AvgIpc) is 3.02. The van der Waals surface area contributed by atoms with Gasteiger partial charge in [-0.2, -0.15) is 0 Å². The number of nitrogens with one attached hydrogen (secondary N) is 2. The fourth-order valence-electron chi connectivity index (χ4n) is 5.80. The van der Waals surface area contributed by atoms with Gasteiger partial charge in [0.25, 0.3) is 0 Å². The van der Waals surface area contributed by atoms with Gasteiger partial charge in [0.05, 0.1) is 6.10 Å². The minimum Gasteiger partial charge on any atom is -0.393 e. The topological polar surface area (TPSA) is 78.4 Å². The minimum absolute atomic E-state index is 0.00492. The van der Waals surface area contributed by atoms with Gasteiger partial charge >= 0.3 is 0 Å². The van der Waals surface area contributed by atoms with E-state index in [1.165, 1.54) is 122 Å². The second-order valence-electron chi connectivity index (χ2n) is 13.1. The Morgan fingerprint density at radius 3 is 1.52 bits per heavy atom. The van der Waals surface area contributed by atoms with Gasteiger partial charge in [-0.25, -0.2) is 0 Å². The Hall–Kier alpha value is -1.07. The van der Waals surface area contributed by atoms with Crippen molar-refractivity contribution in [2.45, 2.75) is 206 Å². The molecule has 0 fully saturated rings. The summed E-state index contributed by atoms with van der Waals surface area (Å²) in [5.74, 6) is -0.347. The summed E-state index contributed by atoms with van der Waals surface area (Å²) in [5, 5.41) is 16.5. The molecule has 0 spiro atoms. The second kappa shape index (κ2) is 34.8. The molecule has 44 heavy (non-hydrogen) atoms. The molecule has 0 aliphatic heterocycles. The Kier molecular flexibility index (Phi) is 34.0. The molecule has 0 aromatic heterocycles. The number of amides is 2. The zero-order chi connectivity index (χ0) is 32.4. The van der Waals surface area contributed by atoms with Crippen molar-refractivity contribution < 1.29 is 14.7 Å². The van der Waals surface area contributed by atoms with E-state index >= 15 is 0 Å². The van der Waals surface area contributed by atoms with Gasteiger partial charge in [-0.15, -0.1) is 11.6 Å². The lowest BCUT2D eigenvalue weighted by Gasteiger charge is -2.22. The zero-order valence-corrected chi connectivity index (χ0v) is 29.9. The minimum atomic E-state index is -0.476. The first-order valence-corrected chi connectivity index (χ1v) is 19.5. The second-order valence-corrected chi connectivity index (χ2v) is 13.4. The maximum atomic E-state index is 12.6. The van der Waals surface area contributed by atoms with Gasteiger partial charge in [-0.05, 0) is 44.9 Å². The molecule has 0 aliphatic carbocycles. The number of hydrogen-bond donors (Lipinski definition) is 3. The number of halogens is 1. The molecule has 0 radical (unpaired) electrons. The lowest BCUT2D eigenvalue weighted by atomic mass is 10.0. The Bertz CT molecular complexity index is 658. The molecule has 0 aliphatic rings. The molecule has 3 N–H and O–H groups in total. The number of rotatable bonds is 34. The van der Waals surface area contributed by atoms with Crippen molar-refractivity contribution in [1.29, 1.82) is 0 Å². The summed E-state index contributed by atoms with van der Waals surface area (Å²) in [6.45, 7) is 4.83. The number of aliphatic hydroxyl groups is 1. The Balaban J connectivity index is 3.97. The summed E-state index contributed by atoms with van der Waals surface area (Å²) in [6, 6.07) is -0.273. The Labute approximate surface area is 278 Å². The molecule has 0 heterocycles. The maximum absolute atomic E-state index is 12.6. The lowest BCUT2D eigenvalue weighted by Crippen LogP contribution is -2.45. The van der Waals surface area contributed by atoms with Crippen LogP contribution in [0.5, 0.6) is 0 Å². The summed E-state index contributed by atoms with van der Waals surface area (Å²) in [4.78, 5) is 24.3. The van der Waals surface area contributed by atoms with Crippen LogP contribution in [0.1, 0.15) is 194 Å². The molecule has 2 unspecified atom stereocenters.